The zero-order valence-corrected chi connectivity index (χ0v) is 12.9. The van der Waals surface area contributed by atoms with Crippen LogP contribution in [-0.4, -0.2) is 13.9 Å². The van der Waals surface area contributed by atoms with E-state index in [4.69, 9.17) is 25.8 Å². The van der Waals surface area contributed by atoms with Crippen LogP contribution < -0.4 is 31.9 Å². The van der Waals surface area contributed by atoms with Crippen molar-refractivity contribution in [1.82, 2.24) is 0 Å². The predicted octanol–water partition coefficient (Wildman–Crippen LogP) is 0.693. The summed E-state index contributed by atoms with van der Waals surface area (Å²) in [6, 6.07) is 11.5. The first-order valence-corrected chi connectivity index (χ1v) is 6.60. The highest BCUT2D eigenvalue weighted by Gasteiger charge is 2.12. The summed E-state index contributed by atoms with van der Waals surface area (Å²) in [4.78, 5) is 0. The van der Waals surface area contributed by atoms with Crippen LogP contribution in [0.1, 0.15) is 5.56 Å². The van der Waals surface area contributed by atoms with Gasteiger partial charge in [0.2, 0.25) is 6.79 Å². The Labute approximate surface area is 134 Å². The summed E-state index contributed by atoms with van der Waals surface area (Å²) in [5, 5.41) is 3.89. The SMILES string of the molecule is COc1ccc(NCc2ccc3c(c2)OCO3)cc1Cl.[Cl-]. The zero-order chi connectivity index (χ0) is 13.9. The summed E-state index contributed by atoms with van der Waals surface area (Å²) >= 11 is 6.09. The van der Waals surface area contributed by atoms with Crippen LogP contribution in [0.5, 0.6) is 17.2 Å². The van der Waals surface area contributed by atoms with Gasteiger partial charge in [-0.1, -0.05) is 17.7 Å². The zero-order valence-electron chi connectivity index (χ0n) is 11.4. The van der Waals surface area contributed by atoms with Gasteiger partial charge in [0.25, 0.3) is 0 Å². The molecule has 6 heteroatoms. The summed E-state index contributed by atoms with van der Waals surface area (Å²) in [7, 11) is 1.60. The van der Waals surface area contributed by atoms with Crippen LogP contribution in [-0.2, 0) is 6.54 Å². The summed E-state index contributed by atoms with van der Waals surface area (Å²) in [6.07, 6.45) is 0. The molecule has 0 aliphatic carbocycles. The Kier molecular flexibility index (Phi) is 5.04. The van der Waals surface area contributed by atoms with Crippen LogP contribution in [0.15, 0.2) is 36.4 Å². The molecule has 1 N–H and O–H groups in total. The summed E-state index contributed by atoms with van der Waals surface area (Å²) in [6.45, 7) is 0.972. The number of hydrogen-bond acceptors (Lipinski definition) is 4. The largest absolute Gasteiger partial charge is 1.00 e. The highest BCUT2D eigenvalue weighted by atomic mass is 35.5. The standard InChI is InChI=1S/C15H14ClNO3.ClH/c1-18-13-5-3-11(7-12(13)16)17-8-10-2-4-14-15(6-10)20-9-19-14;/h2-7,17H,8-9H2,1H3;1H/p-1. The van der Waals surface area contributed by atoms with Crippen molar-refractivity contribution in [3.05, 3.63) is 47.0 Å². The normalized spacial score (nSPS) is 11.7. The lowest BCUT2D eigenvalue weighted by Crippen LogP contribution is -3.00. The number of nitrogens with one attached hydrogen (secondary N) is 1. The third-order valence-corrected chi connectivity index (χ3v) is 3.38. The van der Waals surface area contributed by atoms with Crippen molar-refractivity contribution >= 4 is 17.3 Å². The van der Waals surface area contributed by atoms with Gasteiger partial charge in [-0.05, 0) is 35.9 Å². The van der Waals surface area contributed by atoms with Crippen molar-refractivity contribution in [3.8, 4) is 17.2 Å². The average molecular weight is 327 g/mol. The van der Waals surface area contributed by atoms with Crippen LogP contribution in [0.2, 0.25) is 5.02 Å². The Bertz CT molecular complexity index is 634. The number of halogens is 2. The molecule has 1 heterocycles. The van der Waals surface area contributed by atoms with Gasteiger partial charge in [-0.25, -0.2) is 0 Å². The molecule has 21 heavy (non-hydrogen) atoms. The van der Waals surface area contributed by atoms with Crippen LogP contribution in [0, 0.1) is 0 Å². The lowest BCUT2D eigenvalue weighted by Gasteiger charge is -2.09. The maximum absolute atomic E-state index is 6.09. The Balaban J connectivity index is 0.00000161. The topological polar surface area (TPSA) is 39.7 Å². The van der Waals surface area contributed by atoms with Gasteiger partial charge in [0.05, 0.1) is 12.1 Å². The molecule has 0 saturated heterocycles. The molecular formula is C15H14Cl2NO3-. The van der Waals surface area contributed by atoms with E-state index in [9.17, 15) is 0 Å². The van der Waals surface area contributed by atoms with E-state index in [0.717, 1.165) is 22.7 Å². The van der Waals surface area contributed by atoms with Crippen LogP contribution >= 0.6 is 11.6 Å². The summed E-state index contributed by atoms with van der Waals surface area (Å²) < 4.78 is 15.8. The van der Waals surface area contributed by atoms with E-state index < -0.39 is 0 Å². The fourth-order valence-electron chi connectivity index (χ4n) is 2.03. The molecule has 112 valence electrons. The highest BCUT2D eigenvalue weighted by Crippen LogP contribution is 2.33. The van der Waals surface area contributed by atoms with Gasteiger partial charge in [-0.3, -0.25) is 0 Å². The average Bonchev–Trinajstić information content (AvgIpc) is 2.92. The summed E-state index contributed by atoms with van der Waals surface area (Å²) in [5.74, 6) is 2.25. The molecule has 2 aromatic carbocycles. The van der Waals surface area contributed by atoms with E-state index in [1.54, 1.807) is 7.11 Å². The van der Waals surface area contributed by atoms with Crippen molar-refractivity contribution in [2.45, 2.75) is 6.54 Å². The minimum atomic E-state index is 0. The van der Waals surface area contributed by atoms with E-state index >= 15 is 0 Å². The molecule has 0 unspecified atom stereocenters. The van der Waals surface area contributed by atoms with Crippen molar-refractivity contribution in [3.63, 3.8) is 0 Å². The highest BCUT2D eigenvalue weighted by molar-refractivity contribution is 6.32. The second-order valence-corrected chi connectivity index (χ2v) is 4.80. The number of benzene rings is 2. The second kappa shape index (κ2) is 6.78. The Morgan fingerprint density at radius 1 is 1.14 bits per heavy atom. The third kappa shape index (κ3) is 3.46. The fourth-order valence-corrected chi connectivity index (χ4v) is 2.29. The molecule has 0 radical (unpaired) electrons. The molecule has 1 aliphatic rings. The van der Waals surface area contributed by atoms with Gasteiger partial charge in [0.15, 0.2) is 11.5 Å². The molecule has 0 saturated carbocycles. The van der Waals surface area contributed by atoms with Gasteiger partial charge in [-0.15, -0.1) is 0 Å². The Hall–Kier alpha value is -1.78. The van der Waals surface area contributed by atoms with E-state index in [0.29, 0.717) is 24.1 Å². The molecule has 2 aromatic rings. The fraction of sp³-hybridized carbons (Fsp3) is 0.200. The number of ether oxygens (including phenoxy) is 3. The number of hydrogen-bond donors (Lipinski definition) is 1. The molecule has 0 spiro atoms. The molecule has 0 bridgehead atoms. The molecule has 1 aliphatic heterocycles. The first-order valence-electron chi connectivity index (χ1n) is 6.22. The number of methoxy groups -OCH3 is 1. The number of fused-ring (bicyclic) bond motifs is 1. The van der Waals surface area contributed by atoms with Crippen LogP contribution in [0.3, 0.4) is 0 Å². The molecule has 0 fully saturated rings. The Morgan fingerprint density at radius 3 is 2.71 bits per heavy atom. The molecule has 0 amide bonds. The second-order valence-electron chi connectivity index (χ2n) is 4.39. The first kappa shape index (κ1) is 15.6. The third-order valence-electron chi connectivity index (χ3n) is 3.09. The van der Waals surface area contributed by atoms with Crippen molar-refractivity contribution in [2.75, 3.05) is 19.2 Å². The van der Waals surface area contributed by atoms with Gasteiger partial charge in [0, 0.05) is 12.2 Å². The Morgan fingerprint density at radius 2 is 1.95 bits per heavy atom. The molecule has 0 atom stereocenters. The maximum atomic E-state index is 6.09. The van der Waals surface area contributed by atoms with Crippen molar-refractivity contribution < 1.29 is 26.6 Å². The van der Waals surface area contributed by atoms with Crippen molar-refractivity contribution in [1.29, 1.82) is 0 Å². The van der Waals surface area contributed by atoms with E-state index in [1.807, 2.05) is 36.4 Å². The monoisotopic (exact) mass is 326 g/mol. The number of anilines is 1. The van der Waals surface area contributed by atoms with Gasteiger partial charge < -0.3 is 31.9 Å². The van der Waals surface area contributed by atoms with Crippen molar-refractivity contribution in [2.24, 2.45) is 0 Å². The molecular weight excluding hydrogens is 313 g/mol. The molecule has 3 rings (SSSR count). The van der Waals surface area contributed by atoms with E-state index in [1.165, 1.54) is 0 Å². The lowest BCUT2D eigenvalue weighted by atomic mass is 10.2. The predicted molar refractivity (Wildman–Crippen MR) is 77.9 cm³/mol. The molecule has 0 aromatic heterocycles. The summed E-state index contributed by atoms with van der Waals surface area (Å²) in [5.41, 5.74) is 2.05. The van der Waals surface area contributed by atoms with Gasteiger partial charge >= 0.3 is 0 Å². The van der Waals surface area contributed by atoms with Gasteiger partial charge in [-0.2, -0.15) is 0 Å². The first-order chi connectivity index (χ1) is 9.76. The molecule has 4 nitrogen and oxygen atoms in total. The minimum Gasteiger partial charge on any atom is -1.00 e. The van der Waals surface area contributed by atoms with Crippen LogP contribution in [0.25, 0.3) is 0 Å². The quantitative estimate of drug-likeness (QED) is 0.897. The van der Waals surface area contributed by atoms with E-state index in [-0.39, 0.29) is 12.4 Å². The van der Waals surface area contributed by atoms with Gasteiger partial charge in [0.1, 0.15) is 5.75 Å². The maximum Gasteiger partial charge on any atom is 0.231 e. The number of rotatable bonds is 4. The minimum absolute atomic E-state index is 0. The smallest absolute Gasteiger partial charge is 0.231 e. The van der Waals surface area contributed by atoms with E-state index in [2.05, 4.69) is 5.32 Å². The van der Waals surface area contributed by atoms with Crippen LogP contribution in [0.4, 0.5) is 5.69 Å². The lowest BCUT2D eigenvalue weighted by molar-refractivity contribution is -0.00000574.